The number of fused-ring (bicyclic) bond motifs is 1. The third-order valence-electron chi connectivity index (χ3n) is 4.82. The summed E-state index contributed by atoms with van der Waals surface area (Å²) in [6, 6.07) is 16.3. The summed E-state index contributed by atoms with van der Waals surface area (Å²) in [5.41, 5.74) is 1.52. The molecule has 0 saturated carbocycles. The lowest BCUT2D eigenvalue weighted by Crippen LogP contribution is -2.05. The molecule has 4 rings (SSSR count). The van der Waals surface area contributed by atoms with Gasteiger partial charge in [0.15, 0.2) is 0 Å². The standard InChI is InChI=1S/C23H15FN2O5/c1-13-21(23(27)28)18-12-14(24)6-11-19(18)25-22(13)17-4-2-3-5-20(17)31-16-9-7-15(8-10-16)26(29)30/h2-12H,1H3,(H,27,28). The SMILES string of the molecule is Cc1c(-c2ccccc2Oc2ccc([N+](=O)[O-])cc2)nc2ccc(F)cc2c1C(=O)O. The molecule has 0 spiro atoms. The van der Waals surface area contributed by atoms with Crippen LogP contribution in [0.2, 0.25) is 0 Å². The number of hydrogen-bond donors (Lipinski definition) is 1. The van der Waals surface area contributed by atoms with Gasteiger partial charge in [-0.25, -0.2) is 14.2 Å². The van der Waals surface area contributed by atoms with Crippen molar-refractivity contribution in [3.63, 3.8) is 0 Å². The Labute approximate surface area is 175 Å². The van der Waals surface area contributed by atoms with E-state index in [0.29, 0.717) is 33.8 Å². The third-order valence-corrected chi connectivity index (χ3v) is 4.82. The zero-order valence-corrected chi connectivity index (χ0v) is 16.2. The molecule has 7 nitrogen and oxygen atoms in total. The summed E-state index contributed by atoms with van der Waals surface area (Å²) in [6.07, 6.45) is 0. The Morgan fingerprint density at radius 2 is 1.81 bits per heavy atom. The fraction of sp³-hybridized carbons (Fsp3) is 0.0435. The van der Waals surface area contributed by atoms with Crippen LogP contribution in [0.1, 0.15) is 15.9 Å². The maximum absolute atomic E-state index is 13.7. The molecule has 0 atom stereocenters. The Balaban J connectivity index is 1.86. The van der Waals surface area contributed by atoms with Crippen molar-refractivity contribution < 1.29 is 24.0 Å². The van der Waals surface area contributed by atoms with Crippen LogP contribution in [-0.2, 0) is 0 Å². The Hall–Kier alpha value is -4.33. The predicted octanol–water partition coefficient (Wildman–Crippen LogP) is 5.75. The molecule has 31 heavy (non-hydrogen) atoms. The number of pyridine rings is 1. The highest BCUT2D eigenvalue weighted by Gasteiger charge is 2.21. The molecular formula is C23H15FN2O5. The van der Waals surface area contributed by atoms with Crippen LogP contribution in [0.4, 0.5) is 10.1 Å². The molecule has 0 aliphatic carbocycles. The highest BCUT2D eigenvalue weighted by Crippen LogP contribution is 2.37. The third kappa shape index (κ3) is 3.78. The van der Waals surface area contributed by atoms with Crippen molar-refractivity contribution in [3.05, 3.63) is 93.8 Å². The number of carbonyl (C=O) groups is 1. The molecule has 1 aromatic heterocycles. The van der Waals surface area contributed by atoms with Gasteiger partial charge < -0.3 is 9.84 Å². The van der Waals surface area contributed by atoms with Crippen LogP contribution in [0.3, 0.4) is 0 Å². The summed E-state index contributed by atoms with van der Waals surface area (Å²) >= 11 is 0. The van der Waals surface area contributed by atoms with Crippen LogP contribution in [-0.4, -0.2) is 21.0 Å². The summed E-state index contributed by atoms with van der Waals surface area (Å²) in [7, 11) is 0. The van der Waals surface area contributed by atoms with Gasteiger partial charge in [0.05, 0.1) is 21.7 Å². The number of aromatic carboxylic acids is 1. The van der Waals surface area contributed by atoms with Gasteiger partial charge in [0.1, 0.15) is 17.3 Å². The smallest absolute Gasteiger partial charge is 0.336 e. The average Bonchev–Trinajstić information content (AvgIpc) is 2.74. The number of hydrogen-bond acceptors (Lipinski definition) is 5. The fourth-order valence-corrected chi connectivity index (χ4v) is 3.38. The molecule has 4 aromatic rings. The van der Waals surface area contributed by atoms with E-state index < -0.39 is 16.7 Å². The fourth-order valence-electron chi connectivity index (χ4n) is 3.38. The quantitative estimate of drug-likeness (QED) is 0.327. The number of benzene rings is 3. The molecule has 3 aromatic carbocycles. The second-order valence-electron chi connectivity index (χ2n) is 6.78. The molecule has 0 saturated heterocycles. The lowest BCUT2D eigenvalue weighted by Gasteiger charge is -2.15. The van der Waals surface area contributed by atoms with E-state index in [0.717, 1.165) is 6.07 Å². The summed E-state index contributed by atoms with van der Waals surface area (Å²) in [6.45, 7) is 1.61. The average molecular weight is 418 g/mol. The van der Waals surface area contributed by atoms with Crippen LogP contribution in [0.25, 0.3) is 22.2 Å². The van der Waals surface area contributed by atoms with Crippen LogP contribution in [0.5, 0.6) is 11.5 Å². The molecular weight excluding hydrogens is 403 g/mol. The van der Waals surface area contributed by atoms with E-state index in [2.05, 4.69) is 4.98 Å². The Bertz CT molecular complexity index is 1340. The molecule has 0 aliphatic rings. The van der Waals surface area contributed by atoms with Crippen molar-refractivity contribution in [2.45, 2.75) is 6.92 Å². The van der Waals surface area contributed by atoms with Gasteiger partial charge in [-0.15, -0.1) is 0 Å². The van der Waals surface area contributed by atoms with Crippen molar-refractivity contribution in [2.75, 3.05) is 0 Å². The van der Waals surface area contributed by atoms with Crippen LogP contribution in [0, 0.1) is 22.9 Å². The van der Waals surface area contributed by atoms with E-state index in [1.807, 2.05) is 0 Å². The number of carboxylic acid groups (broad SMARTS) is 1. The zero-order valence-electron chi connectivity index (χ0n) is 16.2. The van der Waals surface area contributed by atoms with E-state index >= 15 is 0 Å². The van der Waals surface area contributed by atoms with Gasteiger partial charge in [-0.05, 0) is 55.0 Å². The highest BCUT2D eigenvalue weighted by atomic mass is 19.1. The van der Waals surface area contributed by atoms with Crippen LogP contribution in [0.15, 0.2) is 66.7 Å². The summed E-state index contributed by atoms with van der Waals surface area (Å²) in [5.74, 6) is -0.974. The van der Waals surface area contributed by atoms with E-state index in [9.17, 15) is 24.4 Å². The first-order valence-corrected chi connectivity index (χ1v) is 9.20. The van der Waals surface area contributed by atoms with Crippen molar-refractivity contribution in [3.8, 4) is 22.8 Å². The van der Waals surface area contributed by atoms with Gasteiger partial charge in [0.25, 0.3) is 5.69 Å². The first-order valence-electron chi connectivity index (χ1n) is 9.20. The second kappa shape index (κ2) is 7.83. The highest BCUT2D eigenvalue weighted by molar-refractivity contribution is 6.05. The number of para-hydroxylation sites is 1. The Kier molecular flexibility index (Phi) is 5.04. The largest absolute Gasteiger partial charge is 0.478 e. The predicted molar refractivity (Wildman–Crippen MR) is 112 cm³/mol. The van der Waals surface area contributed by atoms with Crippen molar-refractivity contribution in [1.29, 1.82) is 0 Å². The number of nitro benzene ring substituents is 1. The number of ether oxygens (including phenoxy) is 1. The molecule has 1 heterocycles. The summed E-state index contributed by atoms with van der Waals surface area (Å²) in [5, 5.41) is 20.8. The minimum Gasteiger partial charge on any atom is -0.478 e. The molecule has 1 N–H and O–H groups in total. The van der Waals surface area contributed by atoms with E-state index in [1.165, 1.54) is 36.4 Å². The van der Waals surface area contributed by atoms with Crippen LogP contribution >= 0.6 is 0 Å². The van der Waals surface area contributed by atoms with Gasteiger partial charge in [-0.3, -0.25) is 10.1 Å². The number of nitrogens with zero attached hydrogens (tertiary/aromatic N) is 2. The van der Waals surface area contributed by atoms with Gasteiger partial charge in [-0.2, -0.15) is 0 Å². The maximum atomic E-state index is 13.7. The molecule has 0 bridgehead atoms. The molecule has 0 fully saturated rings. The number of carboxylic acids is 1. The van der Waals surface area contributed by atoms with Crippen molar-refractivity contribution >= 4 is 22.6 Å². The number of rotatable bonds is 5. The van der Waals surface area contributed by atoms with E-state index in [1.54, 1.807) is 31.2 Å². The minimum absolute atomic E-state index is 0.0374. The number of aromatic nitrogens is 1. The molecule has 154 valence electrons. The lowest BCUT2D eigenvalue weighted by molar-refractivity contribution is -0.384. The summed E-state index contributed by atoms with van der Waals surface area (Å²) < 4.78 is 19.7. The van der Waals surface area contributed by atoms with Crippen molar-refractivity contribution in [2.24, 2.45) is 0 Å². The first kappa shape index (κ1) is 20.0. The summed E-state index contributed by atoms with van der Waals surface area (Å²) in [4.78, 5) is 26.9. The molecule has 0 amide bonds. The number of nitro groups is 1. The topological polar surface area (TPSA) is 103 Å². The molecule has 8 heteroatoms. The first-order chi connectivity index (χ1) is 14.8. The molecule has 0 unspecified atom stereocenters. The Morgan fingerprint density at radius 1 is 1.10 bits per heavy atom. The number of halogens is 1. The normalized spacial score (nSPS) is 10.8. The monoisotopic (exact) mass is 418 g/mol. The molecule has 0 aliphatic heterocycles. The van der Waals surface area contributed by atoms with Gasteiger partial charge in [0, 0.05) is 23.1 Å². The van der Waals surface area contributed by atoms with E-state index in [4.69, 9.17) is 4.74 Å². The maximum Gasteiger partial charge on any atom is 0.336 e. The van der Waals surface area contributed by atoms with Crippen LogP contribution < -0.4 is 4.74 Å². The molecule has 0 radical (unpaired) electrons. The lowest BCUT2D eigenvalue weighted by atomic mass is 9.97. The van der Waals surface area contributed by atoms with E-state index in [-0.39, 0.29) is 16.6 Å². The Morgan fingerprint density at radius 3 is 2.48 bits per heavy atom. The van der Waals surface area contributed by atoms with Gasteiger partial charge >= 0.3 is 5.97 Å². The number of non-ortho nitro benzene ring substituents is 1. The second-order valence-corrected chi connectivity index (χ2v) is 6.78. The zero-order chi connectivity index (χ0) is 22.1. The van der Waals surface area contributed by atoms with Crippen molar-refractivity contribution in [1.82, 2.24) is 4.98 Å². The van der Waals surface area contributed by atoms with Gasteiger partial charge in [-0.1, -0.05) is 12.1 Å². The minimum atomic E-state index is -1.19. The van der Waals surface area contributed by atoms with Gasteiger partial charge in [0.2, 0.25) is 0 Å².